The van der Waals surface area contributed by atoms with Gasteiger partial charge in [0, 0.05) is 5.92 Å². The smallest absolute Gasteiger partial charge is 0.309 e. The molecule has 4 saturated carbocycles. The molecule has 0 aromatic heterocycles. The molecule has 4 aliphatic carbocycles. The number of rotatable bonds is 2. The minimum atomic E-state index is -0.236. The Kier molecular flexibility index (Phi) is 3.17. The number of fused-ring (bicyclic) bond motifs is 5. The van der Waals surface area contributed by atoms with E-state index in [0.29, 0.717) is 12.3 Å². The van der Waals surface area contributed by atoms with Gasteiger partial charge in [-0.25, -0.2) is 0 Å². The van der Waals surface area contributed by atoms with E-state index in [-0.39, 0.29) is 29.3 Å². The fourth-order valence-electron chi connectivity index (χ4n) is 6.19. The third-order valence-electron chi connectivity index (χ3n) is 7.04. The Labute approximate surface area is 129 Å². The first-order valence-electron chi connectivity index (χ1n) is 8.72. The van der Waals surface area contributed by atoms with Gasteiger partial charge >= 0.3 is 5.97 Å². The largest absolute Gasteiger partial charge is 0.459 e. The van der Waals surface area contributed by atoms with Gasteiger partial charge in [-0.15, -0.1) is 0 Å². The van der Waals surface area contributed by atoms with E-state index in [9.17, 15) is 4.79 Å². The van der Waals surface area contributed by atoms with Gasteiger partial charge in [-0.05, 0) is 88.9 Å². The van der Waals surface area contributed by atoms with Crippen molar-refractivity contribution in [2.45, 2.75) is 57.5 Å². The normalized spacial score (nSPS) is 54.9. The van der Waals surface area contributed by atoms with E-state index in [1.165, 1.54) is 25.7 Å². The van der Waals surface area contributed by atoms with E-state index in [0.717, 1.165) is 30.6 Å². The van der Waals surface area contributed by atoms with Gasteiger partial charge < -0.3 is 4.74 Å². The Balaban J connectivity index is 1.46. The lowest BCUT2D eigenvalue weighted by atomic mass is 9.73. The number of ether oxygens (including phenoxy) is 1. The van der Waals surface area contributed by atoms with Gasteiger partial charge in [0.05, 0.1) is 5.92 Å². The lowest BCUT2D eigenvalue weighted by Gasteiger charge is -2.40. The monoisotopic (exact) mass is 286 g/mol. The van der Waals surface area contributed by atoms with Crippen molar-refractivity contribution in [3.8, 4) is 0 Å². The average molecular weight is 286 g/mol. The Bertz CT molecular complexity index is 445. The fourth-order valence-corrected chi connectivity index (χ4v) is 6.19. The van der Waals surface area contributed by atoms with Gasteiger partial charge in [-0.3, -0.25) is 4.79 Å². The van der Waals surface area contributed by atoms with Crippen LogP contribution in [0.4, 0.5) is 0 Å². The van der Waals surface area contributed by atoms with Crippen LogP contribution in [0.25, 0.3) is 0 Å². The lowest BCUT2D eigenvalue weighted by Crippen LogP contribution is -2.44. The SMILES string of the molecule is [CH]C1CC([CH])C(C(=O)OC2(C)CC3CC2C2CCCC32)C1. The van der Waals surface area contributed by atoms with Crippen LogP contribution < -0.4 is 0 Å². The predicted molar refractivity (Wildman–Crippen MR) is 79.8 cm³/mol. The van der Waals surface area contributed by atoms with E-state index < -0.39 is 0 Å². The zero-order chi connectivity index (χ0) is 14.8. The van der Waals surface area contributed by atoms with Gasteiger partial charge in [-0.1, -0.05) is 6.42 Å². The van der Waals surface area contributed by atoms with Crippen LogP contribution in [-0.4, -0.2) is 11.6 Å². The van der Waals surface area contributed by atoms with E-state index in [1.54, 1.807) is 0 Å². The molecule has 0 saturated heterocycles. The van der Waals surface area contributed by atoms with Crippen molar-refractivity contribution in [1.82, 2.24) is 0 Å². The molecule has 114 valence electrons. The van der Waals surface area contributed by atoms with E-state index in [2.05, 4.69) is 6.92 Å². The minimum Gasteiger partial charge on any atom is -0.459 e. The Morgan fingerprint density at radius 2 is 1.90 bits per heavy atom. The lowest BCUT2D eigenvalue weighted by molar-refractivity contribution is -0.172. The first-order valence-corrected chi connectivity index (χ1v) is 8.72. The van der Waals surface area contributed by atoms with Crippen LogP contribution in [0.15, 0.2) is 0 Å². The summed E-state index contributed by atoms with van der Waals surface area (Å²) in [7, 11) is 0. The maximum Gasteiger partial charge on any atom is 0.309 e. The number of hydrogen-bond donors (Lipinski definition) is 0. The highest BCUT2D eigenvalue weighted by atomic mass is 16.6. The third kappa shape index (κ3) is 2.08. The number of carbonyl (C=O) groups excluding carboxylic acids is 1. The van der Waals surface area contributed by atoms with Gasteiger partial charge in [0.15, 0.2) is 0 Å². The molecule has 4 rings (SSSR count). The number of hydrogen-bond acceptors (Lipinski definition) is 2. The number of esters is 1. The molecular weight excluding hydrogens is 260 g/mol. The summed E-state index contributed by atoms with van der Waals surface area (Å²) in [5.41, 5.74) is -0.236. The maximum atomic E-state index is 12.6. The van der Waals surface area contributed by atoms with Crippen LogP contribution in [0.5, 0.6) is 0 Å². The van der Waals surface area contributed by atoms with Crippen LogP contribution in [0, 0.1) is 55.3 Å². The van der Waals surface area contributed by atoms with Crippen molar-refractivity contribution in [3.05, 3.63) is 13.8 Å². The molecule has 0 aliphatic heterocycles. The Morgan fingerprint density at radius 1 is 1.14 bits per heavy atom. The highest BCUT2D eigenvalue weighted by molar-refractivity contribution is 5.74. The molecule has 0 aromatic rings. The summed E-state index contributed by atoms with van der Waals surface area (Å²) >= 11 is 0. The molecule has 2 bridgehead atoms. The van der Waals surface area contributed by atoms with Gasteiger partial charge in [-0.2, -0.15) is 0 Å². The maximum absolute atomic E-state index is 12.6. The molecule has 8 unspecified atom stereocenters. The fraction of sp³-hybridized carbons (Fsp3) is 0.842. The van der Waals surface area contributed by atoms with Crippen molar-refractivity contribution in [3.63, 3.8) is 0 Å². The van der Waals surface area contributed by atoms with Crippen molar-refractivity contribution in [1.29, 1.82) is 0 Å². The molecule has 2 heteroatoms. The second-order valence-corrected chi connectivity index (χ2v) is 8.30. The van der Waals surface area contributed by atoms with Crippen LogP contribution in [0.2, 0.25) is 0 Å². The summed E-state index contributed by atoms with van der Waals surface area (Å²) in [6.45, 7) is 14.2. The van der Waals surface area contributed by atoms with Gasteiger partial charge in [0.25, 0.3) is 0 Å². The molecule has 0 heterocycles. The zero-order valence-corrected chi connectivity index (χ0v) is 13.0. The summed E-state index contributed by atoms with van der Waals surface area (Å²) in [5, 5.41) is 0. The number of carbonyl (C=O) groups is 1. The molecule has 0 spiro atoms. The Morgan fingerprint density at radius 3 is 2.62 bits per heavy atom. The van der Waals surface area contributed by atoms with Crippen molar-refractivity contribution in [2.24, 2.45) is 41.4 Å². The quantitative estimate of drug-likeness (QED) is 0.722. The topological polar surface area (TPSA) is 26.3 Å². The van der Waals surface area contributed by atoms with E-state index in [1.807, 2.05) is 0 Å². The second kappa shape index (κ2) is 4.73. The second-order valence-electron chi connectivity index (χ2n) is 8.30. The summed E-state index contributed by atoms with van der Waals surface area (Å²) in [6.07, 6.45) is 7.89. The first-order chi connectivity index (χ1) is 9.98. The summed E-state index contributed by atoms with van der Waals surface area (Å²) in [4.78, 5) is 12.6. The van der Waals surface area contributed by atoms with Crippen LogP contribution in [-0.2, 0) is 9.53 Å². The molecule has 8 atom stereocenters. The predicted octanol–water partition coefficient (Wildman–Crippen LogP) is 3.81. The molecule has 2 nitrogen and oxygen atoms in total. The van der Waals surface area contributed by atoms with Gasteiger partial charge in [0.1, 0.15) is 5.60 Å². The van der Waals surface area contributed by atoms with Crippen molar-refractivity contribution < 1.29 is 9.53 Å². The molecule has 4 radical (unpaired) electrons. The Hall–Kier alpha value is -0.530. The molecule has 4 aliphatic rings. The summed E-state index contributed by atoms with van der Waals surface area (Å²) in [5.74, 6) is 2.78. The molecule has 0 N–H and O–H groups in total. The minimum absolute atomic E-state index is 0.0598. The summed E-state index contributed by atoms with van der Waals surface area (Å²) < 4.78 is 6.07. The van der Waals surface area contributed by atoms with Crippen LogP contribution >= 0.6 is 0 Å². The van der Waals surface area contributed by atoms with Crippen LogP contribution in [0.3, 0.4) is 0 Å². The molecule has 21 heavy (non-hydrogen) atoms. The summed E-state index contributed by atoms with van der Waals surface area (Å²) in [6, 6.07) is 0. The highest BCUT2D eigenvalue weighted by Crippen LogP contribution is 2.63. The van der Waals surface area contributed by atoms with Crippen LogP contribution in [0.1, 0.15) is 51.9 Å². The third-order valence-corrected chi connectivity index (χ3v) is 7.04. The first kappa shape index (κ1) is 14.1. The molecular formula is C19H26O2. The van der Waals surface area contributed by atoms with Crippen molar-refractivity contribution in [2.75, 3.05) is 0 Å². The van der Waals surface area contributed by atoms with E-state index in [4.69, 9.17) is 18.6 Å². The van der Waals surface area contributed by atoms with Gasteiger partial charge in [0.2, 0.25) is 0 Å². The standard InChI is InChI=1S/C19H26O2/c1-11-7-12(2)16(8-11)18(20)21-19(3)10-13-9-17(19)15-6-4-5-14(13)15/h1-2,11-17H,4-10H2,3H3. The average Bonchev–Trinajstić information content (AvgIpc) is 3.09. The molecule has 4 fully saturated rings. The molecule has 0 amide bonds. The highest BCUT2D eigenvalue weighted by Gasteiger charge is 2.61. The molecule has 0 aromatic carbocycles. The van der Waals surface area contributed by atoms with E-state index >= 15 is 0 Å². The zero-order valence-electron chi connectivity index (χ0n) is 13.0. The van der Waals surface area contributed by atoms with Crippen molar-refractivity contribution >= 4 is 5.97 Å².